The summed E-state index contributed by atoms with van der Waals surface area (Å²) in [5, 5.41) is 0. The fourth-order valence-electron chi connectivity index (χ4n) is 7.04. The monoisotopic (exact) mass is 608 g/mol. The Labute approximate surface area is 277 Å². The predicted octanol–water partition coefficient (Wildman–Crippen LogP) is 9.94. The Bertz CT molecular complexity index is 1880. The summed E-state index contributed by atoms with van der Waals surface area (Å²) in [4.78, 5) is 15.9. The third-order valence-corrected chi connectivity index (χ3v) is 8.98. The fourth-order valence-corrected chi connectivity index (χ4v) is 7.04. The number of aryl methyl sites for hydroxylation is 2. The number of anilines is 2. The number of hydrogen-bond acceptors (Lipinski definition) is 4. The first-order chi connectivity index (χ1) is 23.1. The molecule has 2 aliphatic rings. The van der Waals surface area contributed by atoms with Crippen LogP contribution in [0.2, 0.25) is 0 Å². The minimum atomic E-state index is 0.787. The van der Waals surface area contributed by atoms with Crippen molar-refractivity contribution in [2.24, 2.45) is 9.98 Å². The quantitative estimate of drug-likeness (QED) is 0.176. The van der Waals surface area contributed by atoms with E-state index in [0.29, 0.717) is 0 Å². The van der Waals surface area contributed by atoms with Gasteiger partial charge in [-0.2, -0.15) is 0 Å². The van der Waals surface area contributed by atoms with Crippen molar-refractivity contribution in [3.63, 3.8) is 0 Å². The van der Waals surface area contributed by atoms with E-state index >= 15 is 0 Å². The summed E-state index contributed by atoms with van der Waals surface area (Å²) in [5.41, 5.74) is 15.9. The molecule has 0 aliphatic carbocycles. The predicted molar refractivity (Wildman–Crippen MR) is 196 cm³/mol. The lowest BCUT2D eigenvalue weighted by atomic mass is 9.96. The summed E-state index contributed by atoms with van der Waals surface area (Å²) in [7, 11) is 0. The minimum Gasteiger partial charge on any atom is -0.347 e. The van der Waals surface area contributed by atoms with E-state index in [9.17, 15) is 0 Å². The second-order valence-electron chi connectivity index (χ2n) is 12.5. The Morgan fingerprint density at radius 3 is 1.09 bits per heavy atom. The van der Waals surface area contributed by atoms with Crippen LogP contribution < -0.4 is 9.80 Å². The zero-order valence-corrected chi connectivity index (χ0v) is 26.8. The van der Waals surface area contributed by atoms with Gasteiger partial charge in [-0.05, 0) is 48.2 Å². The van der Waals surface area contributed by atoms with Gasteiger partial charge in [0.2, 0.25) is 0 Å². The minimum absolute atomic E-state index is 0.787. The summed E-state index contributed by atoms with van der Waals surface area (Å²) < 4.78 is 0. The highest BCUT2D eigenvalue weighted by Crippen LogP contribution is 2.47. The van der Waals surface area contributed by atoms with Gasteiger partial charge in [0, 0.05) is 35.3 Å². The molecule has 6 aromatic rings. The molecule has 0 N–H and O–H groups in total. The number of benzene rings is 6. The first-order valence-corrected chi connectivity index (χ1v) is 16.3. The molecular weight excluding hydrogens is 573 g/mol. The lowest BCUT2D eigenvalue weighted by Gasteiger charge is -2.46. The van der Waals surface area contributed by atoms with Gasteiger partial charge in [-0.3, -0.25) is 0 Å². The van der Waals surface area contributed by atoms with Crippen molar-refractivity contribution >= 4 is 34.2 Å². The maximum Gasteiger partial charge on any atom is 0.0911 e. The van der Waals surface area contributed by atoms with Gasteiger partial charge >= 0.3 is 0 Å². The molecule has 0 saturated carbocycles. The van der Waals surface area contributed by atoms with Crippen molar-refractivity contribution in [1.82, 2.24) is 0 Å². The zero-order chi connectivity index (χ0) is 31.7. The highest BCUT2D eigenvalue weighted by atomic mass is 15.4. The Morgan fingerprint density at radius 2 is 0.766 bits per heavy atom. The van der Waals surface area contributed by atoms with Crippen molar-refractivity contribution in [1.29, 1.82) is 0 Å². The molecular formula is C43H36N4. The SMILES string of the molecule is Cc1cc2c(c(N=C(c3ccccc3)c3ccccc3)c1)N1Cc3cc(C)cc(N=C(c4ccccc4)c4ccccc4)c3N(C2)C1. The van der Waals surface area contributed by atoms with E-state index in [-0.39, 0.29) is 0 Å². The lowest BCUT2D eigenvalue weighted by Crippen LogP contribution is -2.46. The Morgan fingerprint density at radius 1 is 0.447 bits per heavy atom. The molecule has 8 rings (SSSR count). The largest absolute Gasteiger partial charge is 0.347 e. The number of rotatable bonds is 6. The first-order valence-electron chi connectivity index (χ1n) is 16.3. The number of fused-ring (bicyclic) bond motifs is 6. The van der Waals surface area contributed by atoms with Crippen LogP contribution in [0, 0.1) is 13.8 Å². The van der Waals surface area contributed by atoms with Gasteiger partial charge in [-0.15, -0.1) is 0 Å². The zero-order valence-electron chi connectivity index (χ0n) is 26.8. The van der Waals surface area contributed by atoms with Crippen LogP contribution in [0.15, 0.2) is 156 Å². The van der Waals surface area contributed by atoms with E-state index in [0.717, 1.165) is 64.8 Å². The molecule has 0 saturated heterocycles. The number of aliphatic imine (C=N–C) groups is 2. The van der Waals surface area contributed by atoms with Crippen LogP contribution in [0.1, 0.15) is 44.5 Å². The average molecular weight is 609 g/mol. The molecule has 4 nitrogen and oxygen atoms in total. The van der Waals surface area contributed by atoms with E-state index in [1.165, 1.54) is 33.6 Å². The van der Waals surface area contributed by atoms with E-state index in [4.69, 9.17) is 9.98 Å². The van der Waals surface area contributed by atoms with Gasteiger partial charge < -0.3 is 9.80 Å². The van der Waals surface area contributed by atoms with Crippen LogP contribution >= 0.6 is 0 Å². The molecule has 228 valence electrons. The molecule has 2 aliphatic heterocycles. The molecule has 0 unspecified atom stereocenters. The maximum atomic E-state index is 5.45. The molecule has 0 aromatic heterocycles. The standard InChI is InChI=1S/C43H36N4/c1-30-23-36-27-46-29-47(42(36)38(25-30)44-40(32-15-7-3-8-16-32)33-17-9-4-10-18-33)28-37-24-31(2)26-39(43(37)46)45-41(34-19-11-5-12-20-34)35-21-13-6-14-22-35/h3-26H,27-29H2,1-2H3. The van der Waals surface area contributed by atoms with Crippen LogP contribution in [0.25, 0.3) is 0 Å². The molecule has 6 aromatic carbocycles. The lowest BCUT2D eigenvalue weighted by molar-refractivity contribution is 0.651. The average Bonchev–Trinajstić information content (AvgIpc) is 3.10. The van der Waals surface area contributed by atoms with E-state index in [2.05, 4.69) is 169 Å². The highest BCUT2D eigenvalue weighted by molar-refractivity contribution is 6.15. The van der Waals surface area contributed by atoms with E-state index in [1.807, 2.05) is 0 Å². The molecule has 0 atom stereocenters. The topological polar surface area (TPSA) is 31.2 Å². The van der Waals surface area contributed by atoms with Crippen molar-refractivity contribution in [3.05, 3.63) is 190 Å². The molecule has 0 radical (unpaired) electrons. The summed E-state index contributed by atoms with van der Waals surface area (Å²) in [6, 6.07) is 51.3. The summed E-state index contributed by atoms with van der Waals surface area (Å²) in [6.45, 7) is 6.74. The fraction of sp³-hybridized carbons (Fsp3) is 0.116. The van der Waals surface area contributed by atoms with Gasteiger partial charge in [0.25, 0.3) is 0 Å². The van der Waals surface area contributed by atoms with Crippen LogP contribution in [-0.2, 0) is 13.1 Å². The van der Waals surface area contributed by atoms with Crippen molar-refractivity contribution < 1.29 is 0 Å². The Balaban J connectivity index is 1.25. The summed E-state index contributed by atoms with van der Waals surface area (Å²) in [5.74, 6) is 0. The van der Waals surface area contributed by atoms with Crippen molar-refractivity contribution in [2.75, 3.05) is 16.5 Å². The van der Waals surface area contributed by atoms with E-state index < -0.39 is 0 Å². The van der Waals surface area contributed by atoms with Crippen LogP contribution in [0.3, 0.4) is 0 Å². The molecule has 0 fully saturated rings. The van der Waals surface area contributed by atoms with Crippen molar-refractivity contribution in [2.45, 2.75) is 26.9 Å². The highest BCUT2D eigenvalue weighted by Gasteiger charge is 2.33. The smallest absolute Gasteiger partial charge is 0.0911 e. The normalized spacial score (nSPS) is 13.0. The second kappa shape index (κ2) is 12.2. The Kier molecular flexibility index (Phi) is 7.47. The van der Waals surface area contributed by atoms with Gasteiger partial charge in [0.1, 0.15) is 0 Å². The second-order valence-corrected chi connectivity index (χ2v) is 12.5. The summed E-state index contributed by atoms with van der Waals surface area (Å²) in [6.07, 6.45) is 0. The molecule has 2 heterocycles. The van der Waals surface area contributed by atoms with Gasteiger partial charge in [0.15, 0.2) is 0 Å². The molecule has 47 heavy (non-hydrogen) atoms. The molecule has 2 bridgehead atoms. The van der Waals surface area contributed by atoms with Crippen molar-refractivity contribution in [3.8, 4) is 0 Å². The van der Waals surface area contributed by atoms with Crippen LogP contribution in [-0.4, -0.2) is 18.1 Å². The third-order valence-electron chi connectivity index (χ3n) is 8.98. The number of hydrogen-bond donors (Lipinski definition) is 0. The first kappa shape index (κ1) is 28.7. The number of nitrogens with zero attached hydrogens (tertiary/aromatic N) is 4. The van der Waals surface area contributed by atoms with Crippen LogP contribution in [0.5, 0.6) is 0 Å². The molecule has 0 spiro atoms. The van der Waals surface area contributed by atoms with Gasteiger partial charge in [-0.1, -0.05) is 133 Å². The van der Waals surface area contributed by atoms with Gasteiger partial charge in [0.05, 0.1) is 40.8 Å². The third kappa shape index (κ3) is 5.64. The molecule has 0 amide bonds. The summed E-state index contributed by atoms with van der Waals surface area (Å²) >= 11 is 0. The van der Waals surface area contributed by atoms with E-state index in [1.54, 1.807) is 0 Å². The maximum absolute atomic E-state index is 5.45. The molecule has 4 heteroatoms. The Hall–Kier alpha value is -5.74. The van der Waals surface area contributed by atoms with Crippen LogP contribution in [0.4, 0.5) is 22.7 Å². The van der Waals surface area contributed by atoms with Gasteiger partial charge in [-0.25, -0.2) is 9.98 Å².